The van der Waals surface area contributed by atoms with Crippen LogP contribution >= 0.6 is 11.6 Å². The van der Waals surface area contributed by atoms with Gasteiger partial charge in [0.2, 0.25) is 5.24 Å². The standard InChI is InChI=1S/C12H19ClO/c1-2-3-4-5-6-7-8-10-9-11(10)12(13)14/h9,11H,2-8H2,1H3. The average Bonchev–Trinajstić information content (AvgIpc) is 2.90. The average molecular weight is 215 g/mol. The molecule has 0 aliphatic heterocycles. The van der Waals surface area contributed by atoms with Crippen LogP contribution in [0, 0.1) is 5.92 Å². The Morgan fingerprint density at radius 2 is 1.93 bits per heavy atom. The van der Waals surface area contributed by atoms with Gasteiger partial charge in [0.05, 0.1) is 5.92 Å². The Balaban J connectivity index is 1.86. The van der Waals surface area contributed by atoms with Gasteiger partial charge in [-0.3, -0.25) is 4.79 Å². The zero-order chi connectivity index (χ0) is 10.4. The number of unbranched alkanes of at least 4 members (excludes halogenated alkanes) is 5. The Morgan fingerprint density at radius 3 is 2.50 bits per heavy atom. The van der Waals surface area contributed by atoms with Crippen molar-refractivity contribution in [3.63, 3.8) is 0 Å². The fraction of sp³-hybridized carbons (Fsp3) is 0.750. The van der Waals surface area contributed by atoms with Crippen molar-refractivity contribution in [3.8, 4) is 0 Å². The van der Waals surface area contributed by atoms with Crippen LogP contribution in [-0.2, 0) is 4.79 Å². The van der Waals surface area contributed by atoms with Crippen LogP contribution in [0.5, 0.6) is 0 Å². The summed E-state index contributed by atoms with van der Waals surface area (Å²) < 4.78 is 0. The van der Waals surface area contributed by atoms with E-state index in [1.165, 1.54) is 44.1 Å². The Morgan fingerprint density at radius 1 is 1.29 bits per heavy atom. The predicted molar refractivity (Wildman–Crippen MR) is 60.4 cm³/mol. The van der Waals surface area contributed by atoms with Crippen LogP contribution < -0.4 is 0 Å². The van der Waals surface area contributed by atoms with Gasteiger partial charge >= 0.3 is 0 Å². The second kappa shape index (κ2) is 6.23. The van der Waals surface area contributed by atoms with Gasteiger partial charge in [0.25, 0.3) is 0 Å². The van der Waals surface area contributed by atoms with E-state index in [0.717, 1.165) is 6.42 Å². The van der Waals surface area contributed by atoms with Crippen molar-refractivity contribution in [2.45, 2.75) is 51.9 Å². The molecule has 0 saturated carbocycles. The molecule has 1 rings (SSSR count). The Kier molecular flexibility index (Phi) is 5.24. The number of halogens is 1. The van der Waals surface area contributed by atoms with Gasteiger partial charge in [0.1, 0.15) is 0 Å². The second-order valence-corrected chi connectivity index (χ2v) is 4.41. The van der Waals surface area contributed by atoms with Gasteiger partial charge in [0, 0.05) is 0 Å². The van der Waals surface area contributed by atoms with E-state index in [2.05, 4.69) is 6.92 Å². The van der Waals surface area contributed by atoms with Crippen LogP contribution in [0.2, 0.25) is 0 Å². The molecule has 1 nitrogen and oxygen atoms in total. The molecule has 0 aromatic carbocycles. The molecule has 0 radical (unpaired) electrons. The van der Waals surface area contributed by atoms with Crippen LogP contribution in [0.4, 0.5) is 0 Å². The molecule has 0 heterocycles. The fourth-order valence-corrected chi connectivity index (χ4v) is 1.93. The van der Waals surface area contributed by atoms with E-state index in [9.17, 15) is 4.79 Å². The summed E-state index contributed by atoms with van der Waals surface area (Å²) >= 11 is 5.36. The highest BCUT2D eigenvalue weighted by Crippen LogP contribution is 2.35. The van der Waals surface area contributed by atoms with E-state index in [1.54, 1.807) is 0 Å². The maximum Gasteiger partial charge on any atom is 0.232 e. The number of rotatable bonds is 8. The Labute approximate surface area is 91.5 Å². The first-order chi connectivity index (χ1) is 6.75. The number of hydrogen-bond acceptors (Lipinski definition) is 1. The number of allylic oxidation sites excluding steroid dienone is 2. The number of carbonyl (C=O) groups is 1. The molecule has 0 saturated heterocycles. The molecule has 1 aliphatic rings. The molecule has 14 heavy (non-hydrogen) atoms. The molecule has 0 aromatic heterocycles. The molecule has 1 atom stereocenters. The Bertz CT molecular complexity index is 220. The number of carbonyl (C=O) groups excluding carboxylic acids is 1. The summed E-state index contributed by atoms with van der Waals surface area (Å²) in [7, 11) is 0. The van der Waals surface area contributed by atoms with Crippen molar-refractivity contribution >= 4 is 16.8 Å². The van der Waals surface area contributed by atoms with Crippen LogP contribution in [0.1, 0.15) is 51.9 Å². The van der Waals surface area contributed by atoms with Crippen LogP contribution in [-0.4, -0.2) is 5.24 Å². The minimum atomic E-state index is -0.203. The van der Waals surface area contributed by atoms with Crippen LogP contribution in [0.25, 0.3) is 0 Å². The predicted octanol–water partition coefficient (Wildman–Crippen LogP) is 4.06. The van der Waals surface area contributed by atoms with Crippen molar-refractivity contribution in [2.24, 2.45) is 5.92 Å². The van der Waals surface area contributed by atoms with Gasteiger partial charge in [-0.15, -0.1) is 0 Å². The molecule has 0 aromatic rings. The largest absolute Gasteiger partial charge is 0.280 e. The lowest BCUT2D eigenvalue weighted by Gasteiger charge is -1.98. The SMILES string of the molecule is CCCCCCCCC1=CC1C(=O)Cl. The van der Waals surface area contributed by atoms with E-state index >= 15 is 0 Å². The third kappa shape index (κ3) is 4.28. The minimum Gasteiger partial charge on any atom is -0.280 e. The van der Waals surface area contributed by atoms with Crippen molar-refractivity contribution in [3.05, 3.63) is 11.6 Å². The quantitative estimate of drug-likeness (QED) is 0.338. The van der Waals surface area contributed by atoms with Crippen molar-refractivity contribution in [1.29, 1.82) is 0 Å². The van der Waals surface area contributed by atoms with Gasteiger partial charge in [-0.2, -0.15) is 0 Å². The summed E-state index contributed by atoms with van der Waals surface area (Å²) in [6, 6.07) is 0. The summed E-state index contributed by atoms with van der Waals surface area (Å²) in [5, 5.41) is -0.203. The first kappa shape index (κ1) is 11.8. The van der Waals surface area contributed by atoms with Gasteiger partial charge in [0.15, 0.2) is 0 Å². The van der Waals surface area contributed by atoms with E-state index in [1.807, 2.05) is 6.08 Å². The topological polar surface area (TPSA) is 17.1 Å². The highest BCUT2D eigenvalue weighted by atomic mass is 35.5. The highest BCUT2D eigenvalue weighted by Gasteiger charge is 2.29. The van der Waals surface area contributed by atoms with E-state index in [-0.39, 0.29) is 11.2 Å². The molecule has 2 heteroatoms. The molecule has 1 aliphatic carbocycles. The normalized spacial score (nSPS) is 19.3. The molecule has 0 bridgehead atoms. The lowest BCUT2D eigenvalue weighted by atomic mass is 10.1. The lowest BCUT2D eigenvalue weighted by molar-refractivity contribution is -0.112. The Hall–Kier alpha value is -0.300. The zero-order valence-corrected chi connectivity index (χ0v) is 9.65. The summed E-state index contributed by atoms with van der Waals surface area (Å²) in [5.41, 5.74) is 1.26. The third-order valence-electron chi connectivity index (χ3n) is 2.73. The second-order valence-electron chi connectivity index (χ2n) is 4.04. The minimum absolute atomic E-state index is 0.00677. The molecular formula is C12H19ClO. The van der Waals surface area contributed by atoms with Crippen LogP contribution in [0.15, 0.2) is 11.6 Å². The molecule has 0 spiro atoms. The van der Waals surface area contributed by atoms with Crippen molar-refractivity contribution < 1.29 is 4.79 Å². The third-order valence-corrected chi connectivity index (χ3v) is 2.97. The summed E-state index contributed by atoms with van der Waals surface area (Å²) in [6.07, 6.45) is 10.9. The summed E-state index contributed by atoms with van der Waals surface area (Å²) in [5.74, 6) is 0.00677. The van der Waals surface area contributed by atoms with Gasteiger partial charge in [-0.25, -0.2) is 0 Å². The van der Waals surface area contributed by atoms with E-state index in [0.29, 0.717) is 0 Å². The lowest BCUT2D eigenvalue weighted by Crippen LogP contribution is -1.92. The molecule has 1 unspecified atom stereocenters. The molecule has 0 amide bonds. The highest BCUT2D eigenvalue weighted by molar-refractivity contribution is 6.65. The fourth-order valence-electron chi connectivity index (χ4n) is 1.73. The van der Waals surface area contributed by atoms with Crippen LogP contribution in [0.3, 0.4) is 0 Å². The smallest absolute Gasteiger partial charge is 0.232 e. The first-order valence-corrected chi connectivity index (χ1v) is 6.03. The number of hydrogen-bond donors (Lipinski definition) is 0. The molecule has 0 N–H and O–H groups in total. The maximum absolute atomic E-state index is 10.7. The molecule has 0 fully saturated rings. The van der Waals surface area contributed by atoms with Gasteiger partial charge < -0.3 is 0 Å². The monoisotopic (exact) mass is 214 g/mol. The molecular weight excluding hydrogens is 196 g/mol. The first-order valence-electron chi connectivity index (χ1n) is 5.65. The van der Waals surface area contributed by atoms with Gasteiger partial charge in [-0.1, -0.05) is 50.7 Å². The summed E-state index contributed by atoms with van der Waals surface area (Å²) in [4.78, 5) is 10.7. The van der Waals surface area contributed by atoms with Gasteiger partial charge in [-0.05, 0) is 24.4 Å². The zero-order valence-electron chi connectivity index (χ0n) is 8.89. The van der Waals surface area contributed by atoms with Crippen molar-refractivity contribution in [2.75, 3.05) is 0 Å². The maximum atomic E-state index is 10.7. The summed E-state index contributed by atoms with van der Waals surface area (Å²) in [6.45, 7) is 2.23. The van der Waals surface area contributed by atoms with Crippen molar-refractivity contribution in [1.82, 2.24) is 0 Å². The van der Waals surface area contributed by atoms with E-state index in [4.69, 9.17) is 11.6 Å². The molecule has 80 valence electrons. The van der Waals surface area contributed by atoms with E-state index < -0.39 is 0 Å².